The van der Waals surface area contributed by atoms with Crippen LogP contribution in [-0.2, 0) is 11.3 Å². The minimum Gasteiger partial charge on any atom is -0.439 e. The van der Waals surface area contributed by atoms with E-state index in [1.54, 1.807) is 28.9 Å². The molecular weight excluding hydrogens is 428 g/mol. The molecule has 0 fully saturated rings. The van der Waals surface area contributed by atoms with Crippen LogP contribution in [0.2, 0.25) is 0 Å². The standard InChI is InChI=1S/C25H31F2N3O3/c1-4-14-29(15-22(31)17-32-5-2)16-24-18(3)28-30(21-10-6-19(26)7-11-21)25(24)33-23-12-8-20(27)9-13-23/h6-13,22,31H,4-5,14-17H2,1-3H3. The van der Waals surface area contributed by atoms with Crippen molar-refractivity contribution in [2.45, 2.75) is 39.8 Å². The van der Waals surface area contributed by atoms with Crippen molar-refractivity contribution in [1.82, 2.24) is 14.7 Å². The second-order valence-corrected chi connectivity index (χ2v) is 7.86. The number of rotatable bonds is 12. The Balaban J connectivity index is 1.96. The third kappa shape index (κ3) is 6.83. The zero-order valence-corrected chi connectivity index (χ0v) is 19.3. The maximum absolute atomic E-state index is 13.5. The summed E-state index contributed by atoms with van der Waals surface area (Å²) in [7, 11) is 0. The average molecular weight is 460 g/mol. The molecule has 1 atom stereocenters. The molecule has 3 aromatic rings. The number of hydrogen-bond donors (Lipinski definition) is 1. The van der Waals surface area contributed by atoms with Gasteiger partial charge in [0.15, 0.2) is 0 Å². The topological polar surface area (TPSA) is 59.8 Å². The van der Waals surface area contributed by atoms with Gasteiger partial charge >= 0.3 is 0 Å². The number of aliphatic hydroxyl groups excluding tert-OH is 1. The van der Waals surface area contributed by atoms with Crippen LogP contribution in [0.1, 0.15) is 31.5 Å². The number of aliphatic hydroxyl groups is 1. The zero-order chi connectivity index (χ0) is 23.8. The minimum absolute atomic E-state index is 0.267. The summed E-state index contributed by atoms with van der Waals surface area (Å²) < 4.78 is 40.1. The van der Waals surface area contributed by atoms with Gasteiger partial charge in [-0.1, -0.05) is 6.92 Å². The highest BCUT2D eigenvalue weighted by Gasteiger charge is 2.22. The molecule has 0 aliphatic heterocycles. The van der Waals surface area contributed by atoms with Gasteiger partial charge in [0.2, 0.25) is 5.88 Å². The van der Waals surface area contributed by atoms with Crippen LogP contribution in [0.3, 0.4) is 0 Å². The molecule has 0 saturated heterocycles. The molecule has 1 N–H and O–H groups in total. The maximum atomic E-state index is 13.5. The van der Waals surface area contributed by atoms with Crippen LogP contribution in [0.15, 0.2) is 48.5 Å². The zero-order valence-electron chi connectivity index (χ0n) is 19.3. The van der Waals surface area contributed by atoms with Crippen LogP contribution in [0.25, 0.3) is 5.69 Å². The summed E-state index contributed by atoms with van der Waals surface area (Å²) in [5, 5.41) is 15.0. The van der Waals surface area contributed by atoms with Gasteiger partial charge in [0.25, 0.3) is 0 Å². The maximum Gasteiger partial charge on any atom is 0.227 e. The smallest absolute Gasteiger partial charge is 0.227 e. The quantitative estimate of drug-likeness (QED) is 0.419. The molecule has 0 spiro atoms. The molecule has 3 rings (SSSR count). The van der Waals surface area contributed by atoms with E-state index in [0.717, 1.165) is 24.2 Å². The molecule has 1 aromatic heterocycles. The lowest BCUT2D eigenvalue weighted by Crippen LogP contribution is -2.35. The molecule has 1 unspecified atom stereocenters. The molecule has 178 valence electrons. The molecule has 0 aliphatic rings. The van der Waals surface area contributed by atoms with Crippen LogP contribution in [-0.4, -0.2) is 52.2 Å². The molecule has 0 bridgehead atoms. The molecular formula is C25H31F2N3O3. The van der Waals surface area contributed by atoms with Gasteiger partial charge in [-0.05, 0) is 75.3 Å². The first-order valence-electron chi connectivity index (χ1n) is 11.2. The van der Waals surface area contributed by atoms with E-state index >= 15 is 0 Å². The van der Waals surface area contributed by atoms with E-state index in [0.29, 0.717) is 37.0 Å². The van der Waals surface area contributed by atoms with Gasteiger partial charge < -0.3 is 14.6 Å². The number of nitrogens with zero attached hydrogens (tertiary/aromatic N) is 3. The fourth-order valence-corrected chi connectivity index (χ4v) is 3.58. The van der Waals surface area contributed by atoms with Crippen molar-refractivity contribution in [3.05, 3.63) is 71.4 Å². The molecule has 1 heterocycles. The second-order valence-electron chi connectivity index (χ2n) is 7.86. The van der Waals surface area contributed by atoms with Crippen LogP contribution >= 0.6 is 0 Å². The van der Waals surface area contributed by atoms with E-state index < -0.39 is 6.10 Å². The predicted octanol–water partition coefficient (Wildman–Crippen LogP) is 4.86. The van der Waals surface area contributed by atoms with Gasteiger partial charge in [-0.25, -0.2) is 13.5 Å². The summed E-state index contributed by atoms with van der Waals surface area (Å²) in [5.74, 6) is 0.218. The summed E-state index contributed by atoms with van der Waals surface area (Å²) in [6.45, 7) is 8.35. The van der Waals surface area contributed by atoms with E-state index in [-0.39, 0.29) is 18.2 Å². The minimum atomic E-state index is -0.620. The Morgan fingerprint density at radius 1 is 1.03 bits per heavy atom. The highest BCUT2D eigenvalue weighted by molar-refractivity contribution is 5.43. The van der Waals surface area contributed by atoms with Crippen molar-refractivity contribution >= 4 is 0 Å². The molecule has 33 heavy (non-hydrogen) atoms. The molecule has 0 aliphatic carbocycles. The lowest BCUT2D eigenvalue weighted by molar-refractivity contribution is 0.0195. The molecule has 6 nitrogen and oxygen atoms in total. The lowest BCUT2D eigenvalue weighted by atomic mass is 10.2. The largest absolute Gasteiger partial charge is 0.439 e. The fourth-order valence-electron chi connectivity index (χ4n) is 3.58. The van der Waals surface area contributed by atoms with Crippen molar-refractivity contribution in [3.8, 4) is 17.3 Å². The summed E-state index contributed by atoms with van der Waals surface area (Å²) in [4.78, 5) is 2.13. The number of ether oxygens (including phenoxy) is 2. The van der Waals surface area contributed by atoms with Gasteiger partial charge in [-0.2, -0.15) is 5.10 Å². The molecule has 0 radical (unpaired) electrons. The first-order chi connectivity index (χ1) is 15.9. The molecule has 2 aromatic carbocycles. The summed E-state index contributed by atoms with van der Waals surface area (Å²) >= 11 is 0. The van der Waals surface area contributed by atoms with Gasteiger partial charge in [-0.3, -0.25) is 4.90 Å². The summed E-state index contributed by atoms with van der Waals surface area (Å²) in [6, 6.07) is 11.7. The van der Waals surface area contributed by atoms with Gasteiger partial charge in [0.1, 0.15) is 17.4 Å². The summed E-state index contributed by atoms with van der Waals surface area (Å²) in [6.07, 6.45) is 0.283. The Morgan fingerprint density at radius 2 is 1.67 bits per heavy atom. The van der Waals surface area contributed by atoms with Crippen LogP contribution in [0.4, 0.5) is 8.78 Å². The number of halogens is 2. The van der Waals surface area contributed by atoms with Gasteiger partial charge in [-0.15, -0.1) is 0 Å². The molecule has 0 saturated carbocycles. The first-order valence-corrected chi connectivity index (χ1v) is 11.2. The Morgan fingerprint density at radius 3 is 2.27 bits per heavy atom. The number of hydrogen-bond acceptors (Lipinski definition) is 5. The Hall–Kier alpha value is -2.81. The van der Waals surface area contributed by atoms with Crippen LogP contribution in [0.5, 0.6) is 11.6 Å². The Bertz CT molecular complexity index is 1010. The third-order valence-corrected chi connectivity index (χ3v) is 5.14. The average Bonchev–Trinajstić information content (AvgIpc) is 3.09. The monoisotopic (exact) mass is 459 g/mol. The van der Waals surface area contributed by atoms with Gasteiger partial charge in [0.05, 0.1) is 29.7 Å². The van der Waals surface area contributed by atoms with Gasteiger partial charge in [0, 0.05) is 19.7 Å². The van der Waals surface area contributed by atoms with Crippen molar-refractivity contribution in [2.24, 2.45) is 0 Å². The normalized spacial score (nSPS) is 12.3. The number of benzene rings is 2. The van der Waals surface area contributed by atoms with Crippen molar-refractivity contribution in [3.63, 3.8) is 0 Å². The molecule has 0 amide bonds. The predicted molar refractivity (Wildman–Crippen MR) is 123 cm³/mol. The Labute approximate surface area is 193 Å². The van der Waals surface area contributed by atoms with E-state index in [9.17, 15) is 13.9 Å². The van der Waals surface area contributed by atoms with Crippen molar-refractivity contribution in [1.29, 1.82) is 0 Å². The van der Waals surface area contributed by atoms with E-state index in [4.69, 9.17) is 9.47 Å². The highest BCUT2D eigenvalue weighted by Crippen LogP contribution is 2.32. The van der Waals surface area contributed by atoms with E-state index in [1.165, 1.54) is 24.3 Å². The Kier molecular flexibility index (Phi) is 8.94. The summed E-state index contributed by atoms with van der Waals surface area (Å²) in [5.41, 5.74) is 2.22. The van der Waals surface area contributed by atoms with Crippen molar-refractivity contribution in [2.75, 3.05) is 26.3 Å². The van der Waals surface area contributed by atoms with Crippen LogP contribution < -0.4 is 4.74 Å². The van der Waals surface area contributed by atoms with E-state index in [1.807, 2.05) is 13.8 Å². The highest BCUT2D eigenvalue weighted by atomic mass is 19.1. The lowest BCUT2D eigenvalue weighted by Gasteiger charge is -2.25. The number of aryl methyl sites for hydroxylation is 1. The SMILES string of the molecule is CCCN(Cc1c(C)nn(-c2ccc(F)cc2)c1Oc1ccc(F)cc1)CC(O)COCC. The van der Waals surface area contributed by atoms with Crippen LogP contribution in [0, 0.1) is 18.6 Å². The van der Waals surface area contributed by atoms with E-state index in [2.05, 4.69) is 16.9 Å². The second kappa shape index (κ2) is 11.9. The molecule has 8 heteroatoms. The fraction of sp³-hybridized carbons (Fsp3) is 0.400. The third-order valence-electron chi connectivity index (χ3n) is 5.14. The number of aromatic nitrogens is 2. The van der Waals surface area contributed by atoms with Crippen molar-refractivity contribution < 1.29 is 23.4 Å². The first kappa shape index (κ1) is 24.8.